The average Bonchev–Trinajstić information content (AvgIpc) is 2.73. The van der Waals surface area contributed by atoms with E-state index in [1.807, 2.05) is 0 Å². The Morgan fingerprint density at radius 1 is 0.931 bits per heavy atom. The predicted octanol–water partition coefficient (Wildman–Crippen LogP) is 5.15. The van der Waals surface area contributed by atoms with Gasteiger partial charge in [-0.3, -0.25) is 19.7 Å². The zero-order chi connectivity index (χ0) is 20.8. The lowest BCUT2D eigenvalue weighted by molar-refractivity contribution is -0.384. The van der Waals surface area contributed by atoms with Crippen molar-refractivity contribution in [1.82, 2.24) is 0 Å². The summed E-state index contributed by atoms with van der Waals surface area (Å²) >= 11 is 5.85. The number of carbonyl (C=O) groups is 2. The number of halogens is 1. The SMILES string of the molecule is O=C(Nc1ccccc1)/C(=C/c1ccc(Cl)c([N+](=O)[O-])c1)C(=O)c1ccccc1. The molecule has 29 heavy (non-hydrogen) atoms. The third-order valence-electron chi connectivity index (χ3n) is 4.03. The number of amides is 1. The first-order valence-corrected chi connectivity index (χ1v) is 8.95. The summed E-state index contributed by atoms with van der Waals surface area (Å²) < 4.78 is 0. The van der Waals surface area contributed by atoms with E-state index in [-0.39, 0.29) is 16.3 Å². The molecule has 6 nitrogen and oxygen atoms in total. The molecule has 0 bridgehead atoms. The lowest BCUT2D eigenvalue weighted by Crippen LogP contribution is -2.20. The van der Waals surface area contributed by atoms with Crippen LogP contribution in [0.15, 0.2) is 84.4 Å². The number of Topliss-reactive ketones (excluding diaryl/α,β-unsaturated/α-hetero) is 1. The summed E-state index contributed by atoms with van der Waals surface area (Å²) in [7, 11) is 0. The van der Waals surface area contributed by atoms with Crippen LogP contribution in [0, 0.1) is 10.1 Å². The van der Waals surface area contributed by atoms with Crippen molar-refractivity contribution < 1.29 is 14.5 Å². The van der Waals surface area contributed by atoms with Gasteiger partial charge in [-0.05, 0) is 29.8 Å². The van der Waals surface area contributed by atoms with Gasteiger partial charge in [-0.25, -0.2) is 0 Å². The molecule has 0 radical (unpaired) electrons. The van der Waals surface area contributed by atoms with Crippen LogP contribution in [0.2, 0.25) is 5.02 Å². The van der Waals surface area contributed by atoms with E-state index in [0.717, 1.165) is 0 Å². The Morgan fingerprint density at radius 3 is 2.17 bits per heavy atom. The number of rotatable bonds is 6. The maximum Gasteiger partial charge on any atom is 0.288 e. The summed E-state index contributed by atoms with van der Waals surface area (Å²) in [5, 5.41) is 13.8. The van der Waals surface area contributed by atoms with Gasteiger partial charge in [0.2, 0.25) is 0 Å². The molecule has 3 aromatic rings. The molecule has 3 aromatic carbocycles. The van der Waals surface area contributed by atoms with Crippen LogP contribution in [-0.2, 0) is 4.79 Å². The second kappa shape index (κ2) is 8.95. The summed E-state index contributed by atoms with van der Waals surface area (Å²) in [5.74, 6) is -1.13. The molecule has 0 saturated heterocycles. The Kier molecular flexibility index (Phi) is 6.16. The van der Waals surface area contributed by atoms with Crippen molar-refractivity contribution in [3.05, 3.63) is 111 Å². The highest BCUT2D eigenvalue weighted by Crippen LogP contribution is 2.26. The molecule has 0 atom stereocenters. The number of benzene rings is 3. The number of nitrogens with one attached hydrogen (secondary N) is 1. The lowest BCUT2D eigenvalue weighted by Gasteiger charge is -2.09. The standard InChI is InChI=1S/C22H15ClN2O4/c23-19-12-11-15(14-20(19)25(28)29)13-18(21(26)16-7-3-1-4-8-16)22(27)24-17-9-5-2-6-10-17/h1-14H,(H,24,27)/b18-13+. The van der Waals surface area contributed by atoms with E-state index in [0.29, 0.717) is 16.8 Å². The minimum Gasteiger partial charge on any atom is -0.322 e. The summed E-state index contributed by atoms with van der Waals surface area (Å²) in [4.78, 5) is 36.4. The predicted molar refractivity (Wildman–Crippen MR) is 112 cm³/mol. The van der Waals surface area contributed by atoms with E-state index < -0.39 is 16.6 Å². The summed E-state index contributed by atoms with van der Waals surface area (Å²) in [6, 6.07) is 21.1. The zero-order valence-electron chi connectivity index (χ0n) is 15.0. The molecule has 1 amide bonds. The Bertz CT molecular complexity index is 1100. The van der Waals surface area contributed by atoms with Crippen LogP contribution >= 0.6 is 11.6 Å². The molecule has 0 aliphatic rings. The first-order valence-electron chi connectivity index (χ1n) is 8.57. The van der Waals surface area contributed by atoms with E-state index in [4.69, 9.17) is 11.6 Å². The Hall–Kier alpha value is -3.77. The number of nitro benzene ring substituents is 1. The first kappa shape index (κ1) is 20.0. The number of hydrogen-bond donors (Lipinski definition) is 1. The van der Waals surface area contributed by atoms with Crippen molar-refractivity contribution in [3.63, 3.8) is 0 Å². The van der Waals surface area contributed by atoms with Crippen molar-refractivity contribution in [2.24, 2.45) is 0 Å². The maximum atomic E-state index is 13.0. The number of nitro groups is 1. The van der Waals surface area contributed by atoms with Crippen LogP contribution in [-0.4, -0.2) is 16.6 Å². The molecule has 1 N–H and O–H groups in total. The molecule has 3 rings (SSSR count). The van der Waals surface area contributed by atoms with Crippen molar-refractivity contribution >= 4 is 40.7 Å². The molecular formula is C22H15ClN2O4. The molecule has 144 valence electrons. The van der Waals surface area contributed by atoms with Crippen LogP contribution in [0.5, 0.6) is 0 Å². The average molecular weight is 407 g/mol. The van der Waals surface area contributed by atoms with Gasteiger partial charge >= 0.3 is 0 Å². The third-order valence-corrected chi connectivity index (χ3v) is 4.35. The normalized spacial score (nSPS) is 11.0. The Labute approximate surface area is 171 Å². The van der Waals surface area contributed by atoms with Gasteiger partial charge in [0.05, 0.1) is 10.5 Å². The largest absolute Gasteiger partial charge is 0.322 e. The van der Waals surface area contributed by atoms with Crippen molar-refractivity contribution in [3.8, 4) is 0 Å². The maximum absolute atomic E-state index is 13.0. The van der Waals surface area contributed by atoms with Crippen molar-refractivity contribution in [2.45, 2.75) is 0 Å². The summed E-state index contributed by atoms with van der Waals surface area (Å²) in [6.07, 6.45) is 1.32. The van der Waals surface area contributed by atoms with E-state index in [1.165, 1.54) is 24.3 Å². The van der Waals surface area contributed by atoms with Crippen LogP contribution < -0.4 is 5.32 Å². The molecule has 7 heteroatoms. The molecular weight excluding hydrogens is 392 g/mol. The minimum absolute atomic E-state index is 0.0307. The summed E-state index contributed by atoms with van der Waals surface area (Å²) in [5.41, 5.74) is 0.687. The summed E-state index contributed by atoms with van der Waals surface area (Å²) in [6.45, 7) is 0. The lowest BCUT2D eigenvalue weighted by atomic mass is 10.00. The zero-order valence-corrected chi connectivity index (χ0v) is 15.8. The molecule has 0 heterocycles. The van der Waals surface area contributed by atoms with Gasteiger partial charge in [-0.2, -0.15) is 0 Å². The van der Waals surface area contributed by atoms with Gasteiger partial charge in [0.25, 0.3) is 11.6 Å². The quantitative estimate of drug-likeness (QED) is 0.153. The fourth-order valence-corrected chi connectivity index (χ4v) is 2.81. The number of carbonyl (C=O) groups excluding carboxylic acids is 2. The monoisotopic (exact) mass is 406 g/mol. The van der Waals surface area contributed by atoms with Crippen LogP contribution in [0.1, 0.15) is 15.9 Å². The minimum atomic E-state index is -0.623. The highest BCUT2D eigenvalue weighted by atomic mass is 35.5. The number of anilines is 1. The van der Waals surface area contributed by atoms with E-state index in [1.54, 1.807) is 60.7 Å². The topological polar surface area (TPSA) is 89.3 Å². The van der Waals surface area contributed by atoms with Crippen LogP contribution in [0.25, 0.3) is 6.08 Å². The fraction of sp³-hybridized carbons (Fsp3) is 0. The first-order chi connectivity index (χ1) is 14.0. The Morgan fingerprint density at radius 2 is 1.55 bits per heavy atom. The molecule has 0 fully saturated rings. The highest BCUT2D eigenvalue weighted by molar-refractivity contribution is 6.33. The van der Waals surface area contributed by atoms with Crippen LogP contribution in [0.3, 0.4) is 0 Å². The molecule has 0 spiro atoms. The second-order valence-electron chi connectivity index (χ2n) is 6.04. The van der Waals surface area contributed by atoms with Crippen molar-refractivity contribution in [1.29, 1.82) is 0 Å². The highest BCUT2D eigenvalue weighted by Gasteiger charge is 2.21. The molecule has 0 aliphatic carbocycles. The van der Waals surface area contributed by atoms with Crippen LogP contribution in [0.4, 0.5) is 11.4 Å². The van der Waals surface area contributed by atoms with Gasteiger partial charge in [-0.1, -0.05) is 66.2 Å². The van der Waals surface area contributed by atoms with Gasteiger partial charge in [0.15, 0.2) is 5.78 Å². The number of hydrogen-bond acceptors (Lipinski definition) is 4. The van der Waals surface area contributed by atoms with Gasteiger partial charge in [-0.15, -0.1) is 0 Å². The number of ketones is 1. The van der Waals surface area contributed by atoms with E-state index >= 15 is 0 Å². The van der Waals surface area contributed by atoms with Gasteiger partial charge in [0.1, 0.15) is 5.02 Å². The van der Waals surface area contributed by atoms with E-state index in [9.17, 15) is 19.7 Å². The second-order valence-corrected chi connectivity index (χ2v) is 6.45. The fourth-order valence-electron chi connectivity index (χ4n) is 2.63. The molecule has 0 unspecified atom stereocenters. The van der Waals surface area contributed by atoms with Gasteiger partial charge in [0, 0.05) is 17.3 Å². The van der Waals surface area contributed by atoms with Gasteiger partial charge < -0.3 is 5.32 Å². The molecule has 0 aromatic heterocycles. The smallest absolute Gasteiger partial charge is 0.288 e. The molecule has 0 saturated carbocycles. The number of nitrogens with zero attached hydrogens (tertiary/aromatic N) is 1. The van der Waals surface area contributed by atoms with Crippen molar-refractivity contribution in [2.75, 3.05) is 5.32 Å². The molecule has 0 aliphatic heterocycles. The Balaban J connectivity index is 2.04. The van der Waals surface area contributed by atoms with E-state index in [2.05, 4.69) is 5.32 Å². The number of para-hydroxylation sites is 1. The third kappa shape index (κ3) is 4.94.